The zero-order chi connectivity index (χ0) is 13.1. The van der Waals surface area contributed by atoms with Crippen LogP contribution >= 0.6 is 15.9 Å². The van der Waals surface area contributed by atoms with Gasteiger partial charge in [0, 0.05) is 19.4 Å². The number of hydrogen-bond acceptors (Lipinski definition) is 5. The third-order valence-corrected chi connectivity index (χ3v) is 2.65. The maximum atomic E-state index is 11.8. The predicted octanol–water partition coefficient (Wildman–Crippen LogP) is 0.475. The molecule has 2 rings (SSSR count). The molecule has 7 nitrogen and oxygen atoms in total. The summed E-state index contributed by atoms with van der Waals surface area (Å²) < 4.78 is 3.57. The molecular formula is C10H12BrN5O2. The topological polar surface area (TPSA) is 85.0 Å². The Morgan fingerprint density at radius 1 is 1.50 bits per heavy atom. The fourth-order valence-corrected chi connectivity index (χ4v) is 1.92. The van der Waals surface area contributed by atoms with E-state index in [1.807, 2.05) is 0 Å². The van der Waals surface area contributed by atoms with Gasteiger partial charge < -0.3 is 15.0 Å². The summed E-state index contributed by atoms with van der Waals surface area (Å²) in [5.41, 5.74) is 0.416. The van der Waals surface area contributed by atoms with Gasteiger partial charge in [-0.3, -0.25) is 9.48 Å². The molecule has 0 aliphatic rings. The lowest BCUT2D eigenvalue weighted by Gasteiger charge is -2.04. The van der Waals surface area contributed by atoms with Crippen molar-refractivity contribution in [1.29, 1.82) is 0 Å². The van der Waals surface area contributed by atoms with Crippen LogP contribution in [0.5, 0.6) is 0 Å². The Balaban J connectivity index is 2.25. The summed E-state index contributed by atoms with van der Waals surface area (Å²) in [6, 6.07) is 0. The number of hydrogen-bond donors (Lipinski definition) is 2. The van der Waals surface area contributed by atoms with Crippen molar-refractivity contribution in [3.63, 3.8) is 0 Å². The molecule has 0 saturated carbocycles. The van der Waals surface area contributed by atoms with E-state index in [9.17, 15) is 4.79 Å². The summed E-state index contributed by atoms with van der Waals surface area (Å²) in [5.74, 6) is 0.218. The first-order valence-corrected chi connectivity index (χ1v) is 6.03. The molecular weight excluding hydrogens is 302 g/mol. The van der Waals surface area contributed by atoms with Crippen LogP contribution in [-0.2, 0) is 13.6 Å². The van der Waals surface area contributed by atoms with Crippen LogP contribution in [0.1, 0.15) is 0 Å². The Morgan fingerprint density at radius 2 is 2.28 bits per heavy atom. The summed E-state index contributed by atoms with van der Waals surface area (Å²) in [4.78, 5) is 15.9. The van der Waals surface area contributed by atoms with Crippen molar-refractivity contribution in [3.8, 4) is 0 Å². The maximum Gasteiger partial charge on any atom is 0.293 e. The fraction of sp³-hybridized carbons (Fsp3) is 0.300. The molecule has 0 amide bonds. The predicted molar refractivity (Wildman–Crippen MR) is 69.8 cm³/mol. The minimum atomic E-state index is -0.229. The van der Waals surface area contributed by atoms with Crippen molar-refractivity contribution >= 4 is 27.4 Å². The van der Waals surface area contributed by atoms with E-state index in [1.54, 1.807) is 30.3 Å². The van der Waals surface area contributed by atoms with Crippen molar-refractivity contribution in [1.82, 2.24) is 19.3 Å². The lowest BCUT2D eigenvalue weighted by molar-refractivity contribution is 0.269. The maximum absolute atomic E-state index is 11.8. The van der Waals surface area contributed by atoms with E-state index < -0.39 is 0 Å². The number of halogens is 1. The summed E-state index contributed by atoms with van der Waals surface area (Å²) in [6.45, 7) is 0.420. The Labute approximate surface area is 111 Å². The molecule has 0 aliphatic carbocycles. The third kappa shape index (κ3) is 2.77. The van der Waals surface area contributed by atoms with Crippen molar-refractivity contribution < 1.29 is 5.11 Å². The van der Waals surface area contributed by atoms with Gasteiger partial charge in [-0.1, -0.05) is 0 Å². The van der Waals surface area contributed by atoms with Crippen LogP contribution in [0.3, 0.4) is 0 Å². The molecule has 2 aromatic heterocycles. The van der Waals surface area contributed by atoms with E-state index in [-0.39, 0.29) is 18.0 Å². The van der Waals surface area contributed by atoms with Gasteiger partial charge in [0.1, 0.15) is 4.60 Å². The smallest absolute Gasteiger partial charge is 0.293 e. The molecule has 0 fully saturated rings. The van der Waals surface area contributed by atoms with E-state index in [2.05, 4.69) is 31.3 Å². The summed E-state index contributed by atoms with van der Waals surface area (Å²) in [7, 11) is 1.65. The van der Waals surface area contributed by atoms with Gasteiger partial charge in [0.15, 0.2) is 5.82 Å². The van der Waals surface area contributed by atoms with Gasteiger partial charge in [-0.15, -0.1) is 0 Å². The summed E-state index contributed by atoms with van der Waals surface area (Å²) >= 11 is 3.23. The second kappa shape index (κ2) is 5.32. The van der Waals surface area contributed by atoms with Crippen LogP contribution in [0, 0.1) is 0 Å². The molecule has 2 N–H and O–H groups in total. The zero-order valence-corrected chi connectivity index (χ0v) is 11.3. The molecule has 8 heteroatoms. The Kier molecular flexibility index (Phi) is 3.78. The first kappa shape index (κ1) is 12.8. The zero-order valence-electron chi connectivity index (χ0n) is 9.67. The Bertz CT molecular complexity index is 607. The van der Waals surface area contributed by atoms with Gasteiger partial charge in [-0.05, 0) is 15.9 Å². The number of aliphatic hydroxyl groups is 1. The standard InChI is InChI=1S/C10H12BrN5O2/c1-15-6-8(11)14-9(10(15)18)13-7-4-12-16(5-7)2-3-17/h4-6,17H,2-3H2,1H3,(H,13,14). The molecule has 0 spiro atoms. The molecule has 0 aromatic carbocycles. The van der Waals surface area contributed by atoms with Crippen LogP contribution in [0.15, 0.2) is 28.0 Å². The number of aliphatic hydroxyl groups excluding tert-OH is 1. The van der Waals surface area contributed by atoms with E-state index >= 15 is 0 Å². The number of nitrogens with one attached hydrogen (secondary N) is 1. The highest BCUT2D eigenvalue weighted by Crippen LogP contribution is 2.12. The molecule has 2 heterocycles. The summed E-state index contributed by atoms with van der Waals surface area (Å²) in [5, 5.41) is 15.7. The first-order valence-electron chi connectivity index (χ1n) is 5.23. The molecule has 0 bridgehead atoms. The fourth-order valence-electron chi connectivity index (χ4n) is 1.44. The molecule has 0 unspecified atom stereocenters. The van der Waals surface area contributed by atoms with Crippen LogP contribution < -0.4 is 10.9 Å². The molecule has 2 aromatic rings. The SMILES string of the molecule is Cn1cc(Br)nc(Nc2cnn(CCO)c2)c1=O. The second-order valence-corrected chi connectivity index (χ2v) is 4.48. The van der Waals surface area contributed by atoms with Gasteiger partial charge in [0.25, 0.3) is 5.56 Å². The minimum Gasteiger partial charge on any atom is -0.394 e. The van der Waals surface area contributed by atoms with Crippen molar-refractivity contribution in [3.05, 3.63) is 33.5 Å². The van der Waals surface area contributed by atoms with Gasteiger partial charge in [0.05, 0.1) is 25.0 Å². The number of aromatic nitrogens is 4. The van der Waals surface area contributed by atoms with E-state index in [4.69, 9.17) is 5.11 Å². The highest BCUT2D eigenvalue weighted by Gasteiger charge is 2.07. The first-order chi connectivity index (χ1) is 8.60. The lowest BCUT2D eigenvalue weighted by Crippen LogP contribution is -2.20. The normalized spacial score (nSPS) is 10.6. The average Bonchev–Trinajstić information content (AvgIpc) is 2.73. The number of rotatable bonds is 4. The van der Waals surface area contributed by atoms with E-state index in [0.29, 0.717) is 16.8 Å². The van der Waals surface area contributed by atoms with Crippen molar-refractivity contribution in [2.24, 2.45) is 7.05 Å². The number of aryl methyl sites for hydroxylation is 1. The van der Waals surface area contributed by atoms with Gasteiger partial charge in [-0.25, -0.2) is 4.98 Å². The molecule has 0 radical (unpaired) electrons. The molecule has 0 saturated heterocycles. The van der Waals surface area contributed by atoms with Crippen LogP contribution in [-0.4, -0.2) is 31.0 Å². The molecule has 0 atom stereocenters. The van der Waals surface area contributed by atoms with E-state index in [1.165, 1.54) is 4.57 Å². The molecule has 96 valence electrons. The monoisotopic (exact) mass is 313 g/mol. The average molecular weight is 314 g/mol. The lowest BCUT2D eigenvalue weighted by atomic mass is 10.5. The van der Waals surface area contributed by atoms with Crippen LogP contribution in [0.25, 0.3) is 0 Å². The third-order valence-electron chi connectivity index (χ3n) is 2.27. The number of nitrogens with zero attached hydrogens (tertiary/aromatic N) is 4. The second-order valence-electron chi connectivity index (χ2n) is 3.67. The number of anilines is 2. The Hall–Kier alpha value is -1.67. The molecule has 18 heavy (non-hydrogen) atoms. The Morgan fingerprint density at radius 3 is 3.00 bits per heavy atom. The van der Waals surface area contributed by atoms with Gasteiger partial charge in [-0.2, -0.15) is 5.10 Å². The summed E-state index contributed by atoms with van der Waals surface area (Å²) in [6.07, 6.45) is 4.85. The van der Waals surface area contributed by atoms with Gasteiger partial charge in [0.2, 0.25) is 0 Å². The van der Waals surface area contributed by atoms with Crippen LogP contribution in [0.4, 0.5) is 11.5 Å². The largest absolute Gasteiger partial charge is 0.394 e. The highest BCUT2D eigenvalue weighted by atomic mass is 79.9. The highest BCUT2D eigenvalue weighted by molar-refractivity contribution is 9.10. The van der Waals surface area contributed by atoms with Gasteiger partial charge >= 0.3 is 0 Å². The van der Waals surface area contributed by atoms with Crippen molar-refractivity contribution in [2.45, 2.75) is 6.54 Å². The van der Waals surface area contributed by atoms with Crippen molar-refractivity contribution in [2.75, 3.05) is 11.9 Å². The molecule has 0 aliphatic heterocycles. The van der Waals surface area contributed by atoms with Crippen LogP contribution in [0.2, 0.25) is 0 Å². The van der Waals surface area contributed by atoms with E-state index in [0.717, 1.165) is 0 Å². The minimum absolute atomic E-state index is 0.0119. The quantitative estimate of drug-likeness (QED) is 0.857.